The minimum atomic E-state index is -0.0865. The Bertz CT molecular complexity index is 555. The fourth-order valence-corrected chi connectivity index (χ4v) is 1.69. The number of hydrogen-bond donors (Lipinski definition) is 1. The number of H-pyrrole nitrogens is 1. The average Bonchev–Trinajstić information content (AvgIpc) is 2.55. The summed E-state index contributed by atoms with van der Waals surface area (Å²) in [5.74, 6) is 0.442. The van der Waals surface area contributed by atoms with E-state index < -0.39 is 0 Å². The van der Waals surface area contributed by atoms with E-state index in [4.69, 9.17) is 11.6 Å². The topological polar surface area (TPSA) is 63.6 Å². The van der Waals surface area contributed by atoms with Crippen molar-refractivity contribution >= 4 is 11.6 Å². The number of nitrogens with one attached hydrogen (secondary N) is 1. The Morgan fingerprint density at radius 3 is 2.69 bits per heavy atom. The van der Waals surface area contributed by atoms with Crippen LogP contribution in [0.4, 0.5) is 0 Å². The maximum absolute atomic E-state index is 11.9. The number of hydrogen-bond acceptors (Lipinski definition) is 3. The lowest BCUT2D eigenvalue weighted by Gasteiger charge is -1.98. The molecule has 0 fully saturated rings. The van der Waals surface area contributed by atoms with Crippen molar-refractivity contribution in [1.82, 2.24) is 20.0 Å². The molecule has 0 radical (unpaired) electrons. The molecule has 2 rings (SSSR count). The highest BCUT2D eigenvalue weighted by Gasteiger charge is 2.11. The van der Waals surface area contributed by atoms with Gasteiger partial charge in [-0.2, -0.15) is 4.68 Å². The summed E-state index contributed by atoms with van der Waals surface area (Å²) in [7, 11) is 0. The Morgan fingerprint density at radius 2 is 2.19 bits per heavy atom. The van der Waals surface area contributed by atoms with Crippen LogP contribution >= 0.6 is 11.6 Å². The molecule has 1 N–H and O–H groups in total. The predicted molar refractivity (Wildman–Crippen MR) is 61.1 cm³/mol. The van der Waals surface area contributed by atoms with Gasteiger partial charge >= 0.3 is 0 Å². The zero-order valence-corrected chi connectivity index (χ0v) is 9.75. The number of nitrogens with zero attached hydrogens (tertiary/aromatic N) is 3. The van der Waals surface area contributed by atoms with Gasteiger partial charge in [-0.05, 0) is 25.5 Å². The van der Waals surface area contributed by atoms with Crippen molar-refractivity contribution in [2.45, 2.75) is 20.3 Å². The molecule has 5 nitrogen and oxygen atoms in total. The summed E-state index contributed by atoms with van der Waals surface area (Å²) in [6, 6.07) is 3.24. The van der Waals surface area contributed by atoms with Gasteiger partial charge in [-0.3, -0.25) is 9.89 Å². The highest BCUT2D eigenvalue weighted by molar-refractivity contribution is 6.29. The van der Waals surface area contributed by atoms with Crippen LogP contribution in [-0.2, 0) is 6.42 Å². The van der Waals surface area contributed by atoms with Crippen LogP contribution in [0, 0.1) is 6.92 Å². The molecule has 0 amide bonds. The van der Waals surface area contributed by atoms with Gasteiger partial charge in [0, 0.05) is 11.3 Å². The van der Waals surface area contributed by atoms with E-state index in [9.17, 15) is 4.79 Å². The van der Waals surface area contributed by atoms with Crippen molar-refractivity contribution < 1.29 is 0 Å². The second kappa shape index (κ2) is 4.09. The first-order valence-electron chi connectivity index (χ1n) is 4.93. The number of rotatable bonds is 2. The second-order valence-corrected chi connectivity index (χ2v) is 3.81. The highest BCUT2D eigenvalue weighted by atomic mass is 35.5. The zero-order valence-electron chi connectivity index (χ0n) is 8.99. The van der Waals surface area contributed by atoms with E-state index in [0.717, 1.165) is 11.3 Å². The second-order valence-electron chi connectivity index (χ2n) is 3.42. The molecule has 0 aliphatic carbocycles. The van der Waals surface area contributed by atoms with E-state index in [1.807, 2.05) is 13.8 Å². The van der Waals surface area contributed by atoms with E-state index >= 15 is 0 Å². The van der Waals surface area contributed by atoms with Gasteiger partial charge in [0.25, 0.3) is 5.56 Å². The number of aromatic amines is 1. The van der Waals surface area contributed by atoms with E-state index in [1.54, 1.807) is 12.1 Å². The third-order valence-corrected chi connectivity index (χ3v) is 2.60. The SMILES string of the molecule is CCc1c(C)[nH]n(-c2ccc(Cl)nn2)c1=O. The molecule has 0 atom stereocenters. The van der Waals surface area contributed by atoms with Crippen molar-refractivity contribution in [3.63, 3.8) is 0 Å². The molecule has 6 heteroatoms. The van der Waals surface area contributed by atoms with Crippen LogP contribution in [0.15, 0.2) is 16.9 Å². The average molecular weight is 239 g/mol. The van der Waals surface area contributed by atoms with Crippen LogP contribution in [-0.4, -0.2) is 20.0 Å². The van der Waals surface area contributed by atoms with Gasteiger partial charge in [-0.25, -0.2) is 0 Å². The summed E-state index contributed by atoms with van der Waals surface area (Å²) in [6.45, 7) is 3.80. The number of halogens is 1. The third-order valence-electron chi connectivity index (χ3n) is 2.39. The van der Waals surface area contributed by atoms with Crippen LogP contribution in [0.3, 0.4) is 0 Å². The van der Waals surface area contributed by atoms with E-state index in [1.165, 1.54) is 4.68 Å². The highest BCUT2D eigenvalue weighted by Crippen LogP contribution is 2.07. The Labute approximate surface area is 97.1 Å². The molecule has 0 aromatic carbocycles. The molecule has 0 saturated carbocycles. The molecule has 0 aliphatic rings. The van der Waals surface area contributed by atoms with Crippen LogP contribution in [0.1, 0.15) is 18.2 Å². The van der Waals surface area contributed by atoms with Crippen molar-refractivity contribution in [3.05, 3.63) is 38.9 Å². The Morgan fingerprint density at radius 1 is 1.44 bits per heavy atom. The molecule has 0 saturated heterocycles. The van der Waals surface area contributed by atoms with Gasteiger partial charge in [-0.1, -0.05) is 18.5 Å². The maximum atomic E-state index is 11.9. The predicted octanol–water partition coefficient (Wildman–Crippen LogP) is 1.48. The minimum Gasteiger partial charge on any atom is -0.294 e. The molecule has 84 valence electrons. The first-order valence-corrected chi connectivity index (χ1v) is 5.31. The fraction of sp³-hybridized carbons (Fsp3) is 0.300. The lowest BCUT2D eigenvalue weighted by atomic mass is 10.2. The Balaban J connectivity index is 2.57. The van der Waals surface area contributed by atoms with Crippen LogP contribution in [0.5, 0.6) is 0 Å². The van der Waals surface area contributed by atoms with Crippen molar-refractivity contribution in [2.24, 2.45) is 0 Å². The third kappa shape index (κ3) is 1.74. The largest absolute Gasteiger partial charge is 0.294 e. The summed E-state index contributed by atoms with van der Waals surface area (Å²) >= 11 is 5.63. The summed E-state index contributed by atoms with van der Waals surface area (Å²) in [6.07, 6.45) is 0.690. The molecule has 2 aromatic heterocycles. The van der Waals surface area contributed by atoms with Gasteiger partial charge in [0.05, 0.1) is 0 Å². The Kier molecular flexibility index (Phi) is 2.78. The van der Waals surface area contributed by atoms with Crippen molar-refractivity contribution in [2.75, 3.05) is 0 Å². The number of aryl methyl sites for hydroxylation is 1. The quantitative estimate of drug-likeness (QED) is 0.862. The van der Waals surface area contributed by atoms with Gasteiger partial charge < -0.3 is 0 Å². The molecule has 2 heterocycles. The summed E-state index contributed by atoms with van der Waals surface area (Å²) in [5.41, 5.74) is 1.53. The molecule has 16 heavy (non-hydrogen) atoms. The van der Waals surface area contributed by atoms with Crippen molar-refractivity contribution in [3.8, 4) is 5.82 Å². The monoisotopic (exact) mass is 238 g/mol. The standard InChI is InChI=1S/C10H11ClN4O/c1-3-7-6(2)14-15(10(7)16)9-5-4-8(11)12-13-9/h4-5,14H,3H2,1-2H3. The summed E-state index contributed by atoms with van der Waals surface area (Å²) in [5, 5.41) is 10.8. The normalized spacial score (nSPS) is 10.7. The first-order chi connectivity index (χ1) is 7.63. The smallest absolute Gasteiger partial charge is 0.276 e. The molecule has 0 aliphatic heterocycles. The van der Waals surface area contributed by atoms with Gasteiger partial charge in [0.1, 0.15) is 0 Å². The molecular weight excluding hydrogens is 228 g/mol. The number of aromatic nitrogens is 4. The molecule has 0 bridgehead atoms. The lowest BCUT2D eigenvalue weighted by Crippen LogP contribution is -2.18. The van der Waals surface area contributed by atoms with Gasteiger partial charge in [0.15, 0.2) is 11.0 Å². The molecule has 0 unspecified atom stereocenters. The summed E-state index contributed by atoms with van der Waals surface area (Å²) in [4.78, 5) is 11.9. The van der Waals surface area contributed by atoms with E-state index in [-0.39, 0.29) is 5.56 Å². The van der Waals surface area contributed by atoms with E-state index in [0.29, 0.717) is 17.4 Å². The Hall–Kier alpha value is -1.62. The van der Waals surface area contributed by atoms with Crippen LogP contribution < -0.4 is 5.56 Å². The fourth-order valence-electron chi connectivity index (χ4n) is 1.59. The maximum Gasteiger partial charge on any atom is 0.276 e. The van der Waals surface area contributed by atoms with Crippen LogP contribution in [0.25, 0.3) is 5.82 Å². The van der Waals surface area contributed by atoms with E-state index in [2.05, 4.69) is 15.3 Å². The van der Waals surface area contributed by atoms with Gasteiger partial charge in [0.2, 0.25) is 0 Å². The molecule has 2 aromatic rings. The van der Waals surface area contributed by atoms with Crippen molar-refractivity contribution in [1.29, 1.82) is 0 Å². The minimum absolute atomic E-state index is 0.0865. The zero-order chi connectivity index (χ0) is 11.7. The lowest BCUT2D eigenvalue weighted by molar-refractivity contribution is 0.781. The molecular formula is C10H11ClN4O. The first kappa shape index (κ1) is 10.9. The van der Waals surface area contributed by atoms with Gasteiger partial charge in [-0.15, -0.1) is 10.2 Å². The molecule has 0 spiro atoms. The van der Waals surface area contributed by atoms with Crippen LogP contribution in [0.2, 0.25) is 5.15 Å². The summed E-state index contributed by atoms with van der Waals surface area (Å²) < 4.78 is 1.37.